The van der Waals surface area contributed by atoms with E-state index in [9.17, 15) is 9.59 Å². The average molecular weight is 420 g/mol. The summed E-state index contributed by atoms with van der Waals surface area (Å²) < 4.78 is 6.51. The minimum atomic E-state index is -0.720. The first-order valence-corrected chi connectivity index (χ1v) is 10.4. The van der Waals surface area contributed by atoms with Gasteiger partial charge in [0.15, 0.2) is 0 Å². The molecule has 0 aliphatic rings. The molecule has 0 spiro atoms. The van der Waals surface area contributed by atoms with Gasteiger partial charge in [-0.15, -0.1) is 11.3 Å². The first kappa shape index (κ1) is 19.8. The Balaban J connectivity index is 1.67. The summed E-state index contributed by atoms with van der Waals surface area (Å²) in [5, 5.41) is 5.31. The molecule has 6 nitrogen and oxygen atoms in total. The van der Waals surface area contributed by atoms with Crippen LogP contribution < -0.4 is 15.6 Å². The quantitative estimate of drug-likeness (QED) is 0.511. The molecule has 4 aromatic rings. The number of thiophene rings is 1. The number of rotatable bonds is 5. The third-order valence-electron chi connectivity index (χ3n) is 5.04. The van der Waals surface area contributed by atoms with Gasteiger partial charge in [0.05, 0.1) is 18.8 Å². The number of hydrogen-bond acceptors (Lipinski definition) is 5. The van der Waals surface area contributed by atoms with E-state index in [1.54, 1.807) is 38.3 Å². The predicted molar refractivity (Wildman–Crippen MR) is 120 cm³/mol. The number of aryl methyl sites for hydroxylation is 1. The fourth-order valence-electron chi connectivity index (χ4n) is 3.21. The number of hydrogen-bond donors (Lipinski definition) is 1. The Labute approximate surface area is 177 Å². The summed E-state index contributed by atoms with van der Waals surface area (Å²) in [6, 6.07) is 14.3. The first-order valence-electron chi connectivity index (χ1n) is 9.48. The van der Waals surface area contributed by atoms with E-state index in [1.165, 1.54) is 22.2 Å². The number of benzene rings is 2. The Kier molecular flexibility index (Phi) is 5.37. The lowest BCUT2D eigenvalue weighted by Crippen LogP contribution is -2.31. The average Bonchev–Trinajstić information content (AvgIpc) is 3.19. The number of anilines is 1. The Morgan fingerprint density at radius 1 is 1.13 bits per heavy atom. The zero-order valence-corrected chi connectivity index (χ0v) is 17.7. The van der Waals surface area contributed by atoms with Crippen LogP contribution >= 0.6 is 11.3 Å². The van der Waals surface area contributed by atoms with Gasteiger partial charge in [-0.1, -0.05) is 29.8 Å². The van der Waals surface area contributed by atoms with Crippen molar-refractivity contribution in [2.75, 3.05) is 12.4 Å². The van der Waals surface area contributed by atoms with E-state index in [-0.39, 0.29) is 11.5 Å². The Bertz CT molecular complexity index is 1260. The molecule has 2 heterocycles. The number of carbonyl (C=O) groups excluding carboxylic acids is 1. The van der Waals surface area contributed by atoms with Crippen LogP contribution in [0.5, 0.6) is 5.75 Å². The summed E-state index contributed by atoms with van der Waals surface area (Å²) in [5.41, 5.74) is 3.35. The Morgan fingerprint density at radius 2 is 1.83 bits per heavy atom. The van der Waals surface area contributed by atoms with Crippen LogP contribution in [0.15, 0.2) is 65.0 Å². The van der Waals surface area contributed by atoms with Gasteiger partial charge in [-0.3, -0.25) is 14.2 Å². The highest BCUT2D eigenvalue weighted by Gasteiger charge is 2.20. The minimum absolute atomic E-state index is 0.228. The molecule has 30 heavy (non-hydrogen) atoms. The highest BCUT2D eigenvalue weighted by molar-refractivity contribution is 7.17. The van der Waals surface area contributed by atoms with Crippen molar-refractivity contribution in [2.24, 2.45) is 0 Å². The molecule has 0 aliphatic heterocycles. The number of fused-ring (bicyclic) bond motifs is 1. The van der Waals surface area contributed by atoms with E-state index < -0.39 is 6.04 Å². The van der Waals surface area contributed by atoms with E-state index in [0.717, 1.165) is 16.7 Å². The maximum atomic E-state index is 13.3. The third kappa shape index (κ3) is 3.71. The van der Waals surface area contributed by atoms with E-state index >= 15 is 0 Å². The van der Waals surface area contributed by atoms with Gasteiger partial charge in [0, 0.05) is 16.6 Å². The van der Waals surface area contributed by atoms with Crippen molar-refractivity contribution in [1.29, 1.82) is 0 Å². The number of aromatic nitrogens is 2. The van der Waals surface area contributed by atoms with Crippen LogP contribution in [0.2, 0.25) is 0 Å². The number of methoxy groups -OCH3 is 1. The highest BCUT2D eigenvalue weighted by Crippen LogP contribution is 2.31. The van der Waals surface area contributed by atoms with Gasteiger partial charge in [-0.2, -0.15) is 0 Å². The molecular formula is C23H21N3O3S. The van der Waals surface area contributed by atoms with E-state index in [0.29, 0.717) is 21.7 Å². The Morgan fingerprint density at radius 3 is 2.50 bits per heavy atom. The molecule has 7 heteroatoms. The molecular weight excluding hydrogens is 398 g/mol. The topological polar surface area (TPSA) is 73.2 Å². The molecule has 0 aliphatic carbocycles. The molecule has 0 bridgehead atoms. The first-order chi connectivity index (χ1) is 14.5. The summed E-state index contributed by atoms with van der Waals surface area (Å²) in [6.45, 7) is 3.71. The predicted octanol–water partition coefficient (Wildman–Crippen LogP) is 4.64. The van der Waals surface area contributed by atoms with Crippen molar-refractivity contribution in [3.8, 4) is 16.9 Å². The summed E-state index contributed by atoms with van der Waals surface area (Å²) in [6.07, 6.45) is 1.44. The lowest BCUT2D eigenvalue weighted by Gasteiger charge is -2.15. The molecule has 4 rings (SSSR count). The zero-order chi connectivity index (χ0) is 21.3. The Hall–Kier alpha value is -3.45. The van der Waals surface area contributed by atoms with Gasteiger partial charge in [0.25, 0.3) is 5.56 Å². The van der Waals surface area contributed by atoms with Crippen LogP contribution in [0.1, 0.15) is 18.5 Å². The molecule has 1 atom stereocenters. The van der Waals surface area contributed by atoms with E-state index in [1.807, 2.05) is 36.6 Å². The van der Waals surface area contributed by atoms with Crippen molar-refractivity contribution in [2.45, 2.75) is 19.9 Å². The molecule has 2 aromatic carbocycles. The van der Waals surface area contributed by atoms with E-state index in [2.05, 4.69) is 10.3 Å². The minimum Gasteiger partial charge on any atom is -0.497 e. The summed E-state index contributed by atoms with van der Waals surface area (Å²) in [4.78, 5) is 31.1. The van der Waals surface area contributed by atoms with Crippen LogP contribution in [0.3, 0.4) is 0 Å². The molecule has 0 saturated carbocycles. The van der Waals surface area contributed by atoms with Gasteiger partial charge in [0.1, 0.15) is 16.6 Å². The monoisotopic (exact) mass is 419 g/mol. The van der Waals surface area contributed by atoms with E-state index in [4.69, 9.17) is 4.74 Å². The van der Waals surface area contributed by atoms with Crippen LogP contribution in [0.4, 0.5) is 5.69 Å². The largest absolute Gasteiger partial charge is 0.497 e. The van der Waals surface area contributed by atoms with Gasteiger partial charge in [0.2, 0.25) is 5.91 Å². The van der Waals surface area contributed by atoms with Crippen molar-refractivity contribution in [3.05, 3.63) is 76.2 Å². The maximum Gasteiger partial charge on any atom is 0.263 e. The van der Waals surface area contributed by atoms with Crippen molar-refractivity contribution >= 4 is 33.1 Å². The molecule has 1 amide bonds. The molecule has 1 N–H and O–H groups in total. The molecule has 0 unspecified atom stereocenters. The normalized spacial score (nSPS) is 12.0. The second kappa shape index (κ2) is 8.12. The summed E-state index contributed by atoms with van der Waals surface area (Å²) in [7, 11) is 1.58. The molecule has 0 radical (unpaired) electrons. The highest BCUT2D eigenvalue weighted by atomic mass is 32.1. The van der Waals surface area contributed by atoms with Gasteiger partial charge < -0.3 is 10.1 Å². The number of amides is 1. The van der Waals surface area contributed by atoms with Gasteiger partial charge in [-0.05, 0) is 43.7 Å². The second-order valence-corrected chi connectivity index (χ2v) is 7.90. The van der Waals surface area contributed by atoms with Crippen molar-refractivity contribution < 1.29 is 9.53 Å². The fourth-order valence-corrected chi connectivity index (χ4v) is 4.12. The van der Waals surface area contributed by atoms with Crippen LogP contribution in [-0.2, 0) is 4.79 Å². The second-order valence-electron chi connectivity index (χ2n) is 7.05. The van der Waals surface area contributed by atoms with Gasteiger partial charge in [-0.25, -0.2) is 4.98 Å². The zero-order valence-electron chi connectivity index (χ0n) is 16.9. The maximum absolute atomic E-state index is 13.3. The van der Waals surface area contributed by atoms with Crippen molar-refractivity contribution in [3.63, 3.8) is 0 Å². The number of nitrogens with one attached hydrogen (secondary N) is 1. The lowest BCUT2D eigenvalue weighted by atomic mass is 10.0. The third-order valence-corrected chi connectivity index (χ3v) is 5.92. The molecule has 0 fully saturated rings. The van der Waals surface area contributed by atoms with Crippen LogP contribution in [-0.4, -0.2) is 22.6 Å². The lowest BCUT2D eigenvalue weighted by molar-refractivity contribution is -0.118. The number of nitrogens with zero attached hydrogens (tertiary/aromatic N) is 2. The van der Waals surface area contributed by atoms with Crippen LogP contribution in [0, 0.1) is 6.92 Å². The summed E-state index contributed by atoms with van der Waals surface area (Å²) in [5.74, 6) is 0.406. The van der Waals surface area contributed by atoms with Gasteiger partial charge >= 0.3 is 0 Å². The SMILES string of the molecule is COc1ccc(NC(=O)[C@@H](C)n2cnc3scc(-c4ccc(C)cc4)c3c2=O)cc1. The van der Waals surface area contributed by atoms with Crippen LogP contribution in [0.25, 0.3) is 21.3 Å². The molecule has 152 valence electrons. The summed E-state index contributed by atoms with van der Waals surface area (Å²) >= 11 is 1.43. The number of ether oxygens (including phenoxy) is 1. The smallest absolute Gasteiger partial charge is 0.263 e. The molecule has 0 saturated heterocycles. The molecule has 2 aromatic heterocycles. The van der Waals surface area contributed by atoms with Crippen molar-refractivity contribution in [1.82, 2.24) is 9.55 Å². The standard InChI is InChI=1S/C23H21N3O3S/c1-14-4-6-16(7-5-14)19-12-30-22-20(19)23(28)26(13-24-22)15(2)21(27)25-17-8-10-18(29-3)11-9-17/h4-13,15H,1-3H3,(H,25,27)/t15-/m1/s1. The fraction of sp³-hybridized carbons (Fsp3) is 0.174. The number of carbonyl (C=O) groups is 1.